The first kappa shape index (κ1) is 14.9. The van der Waals surface area contributed by atoms with Crippen LogP contribution in [0.1, 0.15) is 12.0 Å². The maximum absolute atomic E-state index is 13.2. The quantitative estimate of drug-likeness (QED) is 0.895. The molecule has 1 fully saturated rings. The Bertz CT molecular complexity index is 572. The van der Waals surface area contributed by atoms with Crippen molar-refractivity contribution in [2.24, 2.45) is 5.16 Å². The molecule has 0 aromatic heterocycles. The Labute approximate surface area is 127 Å². The molecule has 2 aliphatic heterocycles. The van der Waals surface area contributed by atoms with E-state index in [1.165, 1.54) is 12.1 Å². The minimum absolute atomic E-state index is 0.136. The third kappa shape index (κ3) is 3.61. The highest BCUT2D eigenvalue weighted by atomic mass is 19.1. The molecule has 1 N–H and O–H groups in total. The largest absolute Gasteiger partial charge is 0.382 e. The first-order valence-corrected chi connectivity index (χ1v) is 7.18. The second-order valence-electron chi connectivity index (χ2n) is 5.16. The summed E-state index contributed by atoms with van der Waals surface area (Å²) in [4.78, 5) is 17.2. The smallest absolute Gasteiger partial charge is 0.264 e. The van der Waals surface area contributed by atoms with Gasteiger partial charge >= 0.3 is 0 Å². The van der Waals surface area contributed by atoms with Gasteiger partial charge in [-0.3, -0.25) is 4.79 Å². The average Bonchev–Trinajstić information content (AvgIpc) is 3.04. The van der Waals surface area contributed by atoms with Gasteiger partial charge in [0.15, 0.2) is 0 Å². The number of carbonyl (C=O) groups is 1. The normalized spacial score (nSPS) is 24.5. The molecule has 0 unspecified atom stereocenters. The minimum Gasteiger partial charge on any atom is -0.382 e. The molecule has 22 heavy (non-hydrogen) atoms. The Balaban J connectivity index is 1.49. The molecule has 1 saturated heterocycles. The number of rotatable bonds is 4. The molecule has 7 heteroatoms. The predicted molar refractivity (Wildman–Crippen MR) is 76.0 cm³/mol. The molecular weight excluding hydrogens is 291 g/mol. The van der Waals surface area contributed by atoms with Gasteiger partial charge in [0.2, 0.25) is 6.10 Å². The fourth-order valence-corrected chi connectivity index (χ4v) is 2.34. The van der Waals surface area contributed by atoms with Crippen LogP contribution in [0.25, 0.3) is 0 Å². The van der Waals surface area contributed by atoms with Crippen LogP contribution in [0, 0.1) is 5.82 Å². The van der Waals surface area contributed by atoms with Crippen molar-refractivity contribution in [3.05, 3.63) is 35.6 Å². The maximum Gasteiger partial charge on any atom is 0.264 e. The number of hydrogen-bond donors (Lipinski definition) is 1. The van der Waals surface area contributed by atoms with Gasteiger partial charge in [-0.1, -0.05) is 17.3 Å². The van der Waals surface area contributed by atoms with Crippen LogP contribution in [0.15, 0.2) is 29.4 Å². The van der Waals surface area contributed by atoms with E-state index in [1.807, 2.05) is 0 Å². The Morgan fingerprint density at radius 2 is 2.32 bits per heavy atom. The van der Waals surface area contributed by atoms with Gasteiger partial charge in [0.05, 0.1) is 31.6 Å². The molecule has 0 spiro atoms. The molecular formula is C15H17FN2O4. The standard InChI is InChI=1S/C15H17FN2O4/c16-11-3-1-2-10(6-11)13-7-14(22-18-13)15(19)17-8-12-9-20-4-5-21-12/h1-3,6,12,14H,4-5,7-9H2,(H,17,19)/t12-,14+/m1/s1. The lowest BCUT2D eigenvalue weighted by atomic mass is 10.0. The second kappa shape index (κ2) is 6.85. The van der Waals surface area contributed by atoms with Gasteiger partial charge in [0.25, 0.3) is 5.91 Å². The van der Waals surface area contributed by atoms with Crippen LogP contribution < -0.4 is 5.32 Å². The molecule has 118 valence electrons. The monoisotopic (exact) mass is 308 g/mol. The zero-order valence-corrected chi connectivity index (χ0v) is 12.0. The highest BCUT2D eigenvalue weighted by Crippen LogP contribution is 2.17. The molecule has 2 heterocycles. The highest BCUT2D eigenvalue weighted by molar-refractivity contribution is 6.04. The third-order valence-corrected chi connectivity index (χ3v) is 3.51. The molecule has 3 rings (SSSR count). The van der Waals surface area contributed by atoms with E-state index in [0.717, 1.165) is 0 Å². The van der Waals surface area contributed by atoms with E-state index in [4.69, 9.17) is 14.3 Å². The van der Waals surface area contributed by atoms with Crippen molar-refractivity contribution in [2.45, 2.75) is 18.6 Å². The first-order valence-electron chi connectivity index (χ1n) is 7.18. The maximum atomic E-state index is 13.2. The SMILES string of the molecule is O=C(NC[C@@H]1COCCO1)[C@@H]1CC(c2cccc(F)c2)=NO1. The zero-order chi connectivity index (χ0) is 15.4. The summed E-state index contributed by atoms with van der Waals surface area (Å²) < 4.78 is 23.9. The molecule has 1 amide bonds. The van der Waals surface area contributed by atoms with Gasteiger partial charge in [0, 0.05) is 18.5 Å². The van der Waals surface area contributed by atoms with E-state index < -0.39 is 6.10 Å². The molecule has 6 nitrogen and oxygen atoms in total. The lowest BCUT2D eigenvalue weighted by Gasteiger charge is -2.23. The minimum atomic E-state index is -0.692. The van der Waals surface area contributed by atoms with Crippen LogP contribution >= 0.6 is 0 Å². The van der Waals surface area contributed by atoms with Crippen molar-refractivity contribution in [3.8, 4) is 0 Å². The van der Waals surface area contributed by atoms with E-state index in [9.17, 15) is 9.18 Å². The van der Waals surface area contributed by atoms with Crippen LogP contribution in [0.4, 0.5) is 4.39 Å². The number of carbonyl (C=O) groups excluding carboxylic acids is 1. The number of nitrogens with one attached hydrogen (secondary N) is 1. The average molecular weight is 308 g/mol. The Morgan fingerprint density at radius 1 is 1.41 bits per heavy atom. The van der Waals surface area contributed by atoms with E-state index in [2.05, 4.69) is 10.5 Å². The summed E-state index contributed by atoms with van der Waals surface area (Å²) in [5, 5.41) is 6.64. The second-order valence-corrected chi connectivity index (χ2v) is 5.16. The van der Waals surface area contributed by atoms with Crippen molar-refractivity contribution in [1.29, 1.82) is 0 Å². The molecule has 0 aliphatic carbocycles. The van der Waals surface area contributed by atoms with Crippen molar-refractivity contribution in [2.75, 3.05) is 26.4 Å². The summed E-state index contributed by atoms with van der Waals surface area (Å²) in [7, 11) is 0. The number of halogens is 1. The number of oxime groups is 1. The predicted octanol–water partition coefficient (Wildman–Crippen LogP) is 0.850. The molecule has 0 radical (unpaired) electrons. The summed E-state index contributed by atoms with van der Waals surface area (Å²) in [6.45, 7) is 1.96. The molecule has 1 aromatic carbocycles. The highest BCUT2D eigenvalue weighted by Gasteiger charge is 2.29. The molecule has 0 bridgehead atoms. The fourth-order valence-electron chi connectivity index (χ4n) is 2.34. The fraction of sp³-hybridized carbons (Fsp3) is 0.467. The lowest BCUT2D eigenvalue weighted by molar-refractivity contribution is -0.133. The zero-order valence-electron chi connectivity index (χ0n) is 12.0. The van der Waals surface area contributed by atoms with Crippen LogP contribution in [0.5, 0.6) is 0 Å². The summed E-state index contributed by atoms with van der Waals surface area (Å²) in [5.41, 5.74) is 1.19. The van der Waals surface area contributed by atoms with Crippen molar-refractivity contribution in [1.82, 2.24) is 5.32 Å². The van der Waals surface area contributed by atoms with Gasteiger partial charge in [-0.25, -0.2) is 4.39 Å². The molecule has 2 atom stereocenters. The van der Waals surface area contributed by atoms with Gasteiger partial charge in [-0.2, -0.15) is 0 Å². The van der Waals surface area contributed by atoms with Crippen molar-refractivity contribution < 1.29 is 23.5 Å². The summed E-state index contributed by atoms with van der Waals surface area (Å²) in [6.07, 6.45) is -0.511. The lowest BCUT2D eigenvalue weighted by Crippen LogP contribution is -2.43. The first-order chi connectivity index (χ1) is 10.7. The number of nitrogens with zero attached hydrogens (tertiary/aromatic N) is 1. The molecule has 2 aliphatic rings. The number of hydrogen-bond acceptors (Lipinski definition) is 5. The van der Waals surface area contributed by atoms with E-state index in [-0.39, 0.29) is 17.8 Å². The van der Waals surface area contributed by atoms with E-state index >= 15 is 0 Å². The molecule has 1 aromatic rings. The van der Waals surface area contributed by atoms with Gasteiger partial charge < -0.3 is 19.6 Å². The van der Waals surface area contributed by atoms with Crippen molar-refractivity contribution in [3.63, 3.8) is 0 Å². The van der Waals surface area contributed by atoms with E-state index in [1.54, 1.807) is 12.1 Å². The van der Waals surface area contributed by atoms with Crippen LogP contribution in [-0.2, 0) is 19.1 Å². The number of benzene rings is 1. The van der Waals surface area contributed by atoms with Gasteiger partial charge in [-0.15, -0.1) is 0 Å². The Hall–Kier alpha value is -1.99. The van der Waals surface area contributed by atoms with E-state index in [0.29, 0.717) is 44.1 Å². The molecule has 0 saturated carbocycles. The third-order valence-electron chi connectivity index (χ3n) is 3.51. The Kier molecular flexibility index (Phi) is 4.65. The van der Waals surface area contributed by atoms with Crippen molar-refractivity contribution >= 4 is 11.6 Å². The Morgan fingerprint density at radius 3 is 3.09 bits per heavy atom. The number of amides is 1. The number of ether oxygens (including phenoxy) is 2. The summed E-state index contributed by atoms with van der Waals surface area (Å²) >= 11 is 0. The topological polar surface area (TPSA) is 69.2 Å². The van der Waals surface area contributed by atoms with Crippen LogP contribution in [0.3, 0.4) is 0 Å². The van der Waals surface area contributed by atoms with Gasteiger partial charge in [0.1, 0.15) is 5.82 Å². The summed E-state index contributed by atoms with van der Waals surface area (Å²) in [6, 6.07) is 6.06. The van der Waals surface area contributed by atoms with Crippen LogP contribution in [-0.4, -0.2) is 50.2 Å². The van der Waals surface area contributed by atoms with Crippen LogP contribution in [0.2, 0.25) is 0 Å². The van der Waals surface area contributed by atoms with Gasteiger partial charge in [-0.05, 0) is 12.1 Å². The summed E-state index contributed by atoms with van der Waals surface area (Å²) in [5.74, 6) is -0.605.